The number of dihydropyridines is 1. The van der Waals surface area contributed by atoms with E-state index in [0.717, 1.165) is 17.0 Å². The van der Waals surface area contributed by atoms with Crippen LogP contribution >= 0.6 is 0 Å². The van der Waals surface area contributed by atoms with Crippen LogP contribution in [0.4, 0.5) is 4.39 Å². The molecule has 5 nitrogen and oxygen atoms in total. The molecule has 1 aliphatic heterocycles. The van der Waals surface area contributed by atoms with E-state index < -0.39 is 11.9 Å². The summed E-state index contributed by atoms with van der Waals surface area (Å²) in [4.78, 5) is 26.1. The summed E-state index contributed by atoms with van der Waals surface area (Å²) >= 11 is 0. The summed E-state index contributed by atoms with van der Waals surface area (Å²) in [6.45, 7) is 1.80. The normalized spacial score (nSPS) is 20.8. The molecule has 0 saturated carbocycles. The summed E-state index contributed by atoms with van der Waals surface area (Å²) in [5.74, 6) is -0.832. The number of rotatable bonds is 4. The van der Waals surface area contributed by atoms with Gasteiger partial charge in [-0.1, -0.05) is 30.3 Å². The molecule has 31 heavy (non-hydrogen) atoms. The standard InChI is InChI=1S/C25H24FNO4/c1-14-22(25(29)31-3)23(15-8-10-17(26)11-9-15)24-19(27-14)12-16(13-20(24)28)18-6-4-5-7-21(18)30-2/h4-11,16,23,27H,12-13H2,1-3H3/t16-,23+/m1/s1. The van der Waals surface area contributed by atoms with Crippen LogP contribution in [-0.4, -0.2) is 26.0 Å². The fourth-order valence-electron chi connectivity index (χ4n) is 4.63. The predicted molar refractivity (Wildman–Crippen MR) is 114 cm³/mol. The average molecular weight is 421 g/mol. The molecular formula is C25H24FNO4. The number of esters is 1. The van der Waals surface area contributed by atoms with Gasteiger partial charge in [-0.25, -0.2) is 9.18 Å². The van der Waals surface area contributed by atoms with E-state index in [9.17, 15) is 14.0 Å². The zero-order valence-corrected chi connectivity index (χ0v) is 17.7. The van der Waals surface area contributed by atoms with E-state index in [-0.39, 0.29) is 17.5 Å². The lowest BCUT2D eigenvalue weighted by molar-refractivity contribution is -0.136. The number of methoxy groups -OCH3 is 2. The second kappa shape index (κ2) is 8.38. The molecular weight excluding hydrogens is 397 g/mol. The molecule has 160 valence electrons. The smallest absolute Gasteiger partial charge is 0.336 e. The van der Waals surface area contributed by atoms with E-state index in [4.69, 9.17) is 9.47 Å². The summed E-state index contributed by atoms with van der Waals surface area (Å²) in [7, 11) is 2.93. The number of benzene rings is 2. The fraction of sp³-hybridized carbons (Fsp3) is 0.280. The van der Waals surface area contributed by atoms with Gasteiger partial charge in [-0.15, -0.1) is 0 Å². The van der Waals surface area contributed by atoms with Gasteiger partial charge in [0.2, 0.25) is 0 Å². The molecule has 1 N–H and O–H groups in total. The molecule has 2 atom stereocenters. The maximum absolute atomic E-state index is 13.6. The summed E-state index contributed by atoms with van der Waals surface area (Å²) in [5.41, 5.74) is 3.99. The highest BCUT2D eigenvalue weighted by molar-refractivity contribution is 6.04. The zero-order chi connectivity index (χ0) is 22.1. The van der Waals surface area contributed by atoms with Gasteiger partial charge in [-0.2, -0.15) is 0 Å². The molecule has 0 unspecified atom stereocenters. The van der Waals surface area contributed by atoms with Crippen molar-refractivity contribution in [2.24, 2.45) is 0 Å². The van der Waals surface area contributed by atoms with Gasteiger partial charge in [0.1, 0.15) is 11.6 Å². The summed E-state index contributed by atoms with van der Waals surface area (Å²) < 4.78 is 24.1. The number of halogens is 1. The third-order valence-corrected chi connectivity index (χ3v) is 6.01. The van der Waals surface area contributed by atoms with Crippen molar-refractivity contribution in [3.63, 3.8) is 0 Å². The number of Topliss-reactive ketones (excluding diaryl/α,β-unsaturated/α-hetero) is 1. The molecule has 0 bridgehead atoms. The third kappa shape index (κ3) is 3.74. The monoisotopic (exact) mass is 421 g/mol. The molecule has 1 aliphatic carbocycles. The first-order chi connectivity index (χ1) is 14.9. The minimum Gasteiger partial charge on any atom is -0.496 e. The fourth-order valence-corrected chi connectivity index (χ4v) is 4.63. The lowest BCUT2D eigenvalue weighted by Crippen LogP contribution is -2.36. The Bertz CT molecular complexity index is 1100. The Balaban J connectivity index is 1.81. The molecule has 1 heterocycles. The van der Waals surface area contributed by atoms with Gasteiger partial charge >= 0.3 is 5.97 Å². The Morgan fingerprint density at radius 2 is 1.77 bits per heavy atom. The Labute approximate surface area is 180 Å². The Hall–Kier alpha value is -3.41. The van der Waals surface area contributed by atoms with Crippen molar-refractivity contribution < 1.29 is 23.5 Å². The first-order valence-electron chi connectivity index (χ1n) is 10.1. The number of nitrogens with one attached hydrogen (secondary N) is 1. The van der Waals surface area contributed by atoms with Crippen molar-refractivity contribution in [1.82, 2.24) is 5.32 Å². The number of ketones is 1. The molecule has 0 fully saturated rings. The first kappa shape index (κ1) is 20.8. The van der Waals surface area contributed by atoms with E-state index in [0.29, 0.717) is 35.2 Å². The average Bonchev–Trinajstić information content (AvgIpc) is 2.78. The van der Waals surface area contributed by atoms with Crippen molar-refractivity contribution in [2.75, 3.05) is 14.2 Å². The van der Waals surface area contributed by atoms with E-state index in [1.165, 1.54) is 19.2 Å². The van der Waals surface area contributed by atoms with Crippen molar-refractivity contribution >= 4 is 11.8 Å². The van der Waals surface area contributed by atoms with Crippen molar-refractivity contribution in [3.8, 4) is 5.75 Å². The Morgan fingerprint density at radius 3 is 2.45 bits per heavy atom. The van der Waals surface area contributed by atoms with E-state index >= 15 is 0 Å². The number of ether oxygens (including phenoxy) is 2. The number of hydrogen-bond acceptors (Lipinski definition) is 5. The lowest BCUT2D eigenvalue weighted by Gasteiger charge is -2.36. The molecule has 0 amide bonds. The highest BCUT2D eigenvalue weighted by Crippen LogP contribution is 2.46. The summed E-state index contributed by atoms with van der Waals surface area (Å²) in [6.07, 6.45) is 0.900. The second-order valence-corrected chi connectivity index (χ2v) is 7.80. The minimum atomic E-state index is -0.601. The van der Waals surface area contributed by atoms with Crippen LogP contribution in [0.25, 0.3) is 0 Å². The van der Waals surface area contributed by atoms with Crippen molar-refractivity contribution in [3.05, 3.63) is 88.0 Å². The maximum Gasteiger partial charge on any atom is 0.336 e. The molecule has 2 aromatic rings. The Kier molecular flexibility index (Phi) is 5.63. The highest BCUT2D eigenvalue weighted by atomic mass is 19.1. The van der Waals surface area contributed by atoms with Gasteiger partial charge in [0.15, 0.2) is 5.78 Å². The van der Waals surface area contributed by atoms with Crippen molar-refractivity contribution in [2.45, 2.75) is 31.6 Å². The molecule has 4 rings (SSSR count). The van der Waals surface area contributed by atoms with Crippen LogP contribution < -0.4 is 10.1 Å². The molecule has 2 aromatic carbocycles. The number of carbonyl (C=O) groups is 2. The molecule has 0 spiro atoms. The topological polar surface area (TPSA) is 64.6 Å². The van der Waals surface area contributed by atoms with Gasteiger partial charge in [0, 0.05) is 35.2 Å². The van der Waals surface area contributed by atoms with Gasteiger partial charge in [-0.3, -0.25) is 4.79 Å². The maximum atomic E-state index is 13.6. The van der Waals surface area contributed by atoms with Crippen molar-refractivity contribution in [1.29, 1.82) is 0 Å². The zero-order valence-electron chi connectivity index (χ0n) is 17.7. The molecule has 2 aliphatic rings. The van der Waals surface area contributed by atoms with Crippen LogP contribution in [-0.2, 0) is 14.3 Å². The van der Waals surface area contributed by atoms with Crippen LogP contribution in [0.2, 0.25) is 0 Å². The van der Waals surface area contributed by atoms with E-state index in [2.05, 4.69) is 5.32 Å². The SMILES string of the molecule is COC(=O)C1=C(C)NC2=C(C(=O)C[C@H](c3ccccc3OC)C2)[C@H]1c1ccc(F)cc1. The van der Waals surface area contributed by atoms with Gasteiger partial charge in [0.25, 0.3) is 0 Å². The van der Waals surface area contributed by atoms with Crippen LogP contribution in [0.1, 0.15) is 42.7 Å². The third-order valence-electron chi connectivity index (χ3n) is 6.01. The number of para-hydroxylation sites is 1. The number of carbonyl (C=O) groups excluding carboxylic acids is 2. The van der Waals surface area contributed by atoms with Crippen LogP contribution in [0.3, 0.4) is 0 Å². The van der Waals surface area contributed by atoms with Crippen LogP contribution in [0.5, 0.6) is 5.75 Å². The van der Waals surface area contributed by atoms with Gasteiger partial charge in [0.05, 0.1) is 19.8 Å². The van der Waals surface area contributed by atoms with Gasteiger partial charge < -0.3 is 14.8 Å². The first-order valence-corrected chi connectivity index (χ1v) is 10.1. The largest absolute Gasteiger partial charge is 0.496 e. The number of hydrogen-bond donors (Lipinski definition) is 1. The van der Waals surface area contributed by atoms with E-state index in [1.54, 1.807) is 26.2 Å². The van der Waals surface area contributed by atoms with Gasteiger partial charge in [-0.05, 0) is 42.7 Å². The molecule has 0 aromatic heterocycles. The minimum absolute atomic E-state index is 0.0451. The quantitative estimate of drug-likeness (QED) is 0.743. The van der Waals surface area contributed by atoms with E-state index in [1.807, 2.05) is 24.3 Å². The number of allylic oxidation sites excluding steroid dienone is 3. The molecule has 0 radical (unpaired) electrons. The van der Waals surface area contributed by atoms with Crippen LogP contribution in [0.15, 0.2) is 71.1 Å². The second-order valence-electron chi connectivity index (χ2n) is 7.80. The van der Waals surface area contributed by atoms with Crippen LogP contribution in [0, 0.1) is 5.82 Å². The molecule has 0 saturated heterocycles. The summed E-state index contributed by atoms with van der Waals surface area (Å²) in [6, 6.07) is 13.6. The Morgan fingerprint density at radius 1 is 1.06 bits per heavy atom. The predicted octanol–water partition coefficient (Wildman–Crippen LogP) is 4.37. The highest BCUT2D eigenvalue weighted by Gasteiger charge is 2.41. The summed E-state index contributed by atoms with van der Waals surface area (Å²) in [5, 5.41) is 3.29. The molecule has 6 heteroatoms. The lowest BCUT2D eigenvalue weighted by atomic mass is 9.71.